The van der Waals surface area contributed by atoms with Gasteiger partial charge < -0.3 is 11.1 Å². The van der Waals surface area contributed by atoms with E-state index in [9.17, 15) is 4.79 Å². The largest absolute Gasteiger partial charge is 0.346 e. The SMILES string of the molecule is CC(NC(=O)C1CCCCC1N)c1nn[nH]n1. The third-order valence-corrected chi connectivity index (χ3v) is 3.26. The summed E-state index contributed by atoms with van der Waals surface area (Å²) in [6.07, 6.45) is 3.98. The Balaban J connectivity index is 1.92. The maximum absolute atomic E-state index is 12.0. The van der Waals surface area contributed by atoms with Crippen LogP contribution in [0, 0.1) is 5.92 Å². The van der Waals surface area contributed by atoms with Crippen LogP contribution in [0.5, 0.6) is 0 Å². The fourth-order valence-corrected chi connectivity index (χ4v) is 2.22. The van der Waals surface area contributed by atoms with E-state index in [1.807, 2.05) is 6.92 Å². The second-order valence-electron chi connectivity index (χ2n) is 4.56. The van der Waals surface area contributed by atoms with Crippen molar-refractivity contribution in [3.05, 3.63) is 5.82 Å². The Hall–Kier alpha value is -1.50. The van der Waals surface area contributed by atoms with Crippen molar-refractivity contribution in [3.8, 4) is 0 Å². The van der Waals surface area contributed by atoms with Crippen molar-refractivity contribution in [1.29, 1.82) is 0 Å². The summed E-state index contributed by atoms with van der Waals surface area (Å²) in [5, 5.41) is 16.4. The highest BCUT2D eigenvalue weighted by Crippen LogP contribution is 2.23. The van der Waals surface area contributed by atoms with Crippen LogP contribution in [0.3, 0.4) is 0 Å². The zero-order chi connectivity index (χ0) is 12.3. The standard InChI is InChI=1S/C10H18N6O/c1-6(9-13-15-16-14-9)12-10(17)7-4-2-3-5-8(7)11/h6-8H,2-5,11H2,1H3,(H,12,17)(H,13,14,15,16). The van der Waals surface area contributed by atoms with Gasteiger partial charge in [0.25, 0.3) is 0 Å². The van der Waals surface area contributed by atoms with Crippen molar-refractivity contribution in [2.45, 2.75) is 44.7 Å². The molecular formula is C10H18N6O. The molecule has 1 aliphatic rings. The molecule has 7 nitrogen and oxygen atoms in total. The van der Waals surface area contributed by atoms with Gasteiger partial charge in [0.05, 0.1) is 12.0 Å². The Morgan fingerprint density at radius 3 is 2.94 bits per heavy atom. The lowest BCUT2D eigenvalue weighted by atomic mass is 9.84. The van der Waals surface area contributed by atoms with Gasteiger partial charge in [0.1, 0.15) is 0 Å². The van der Waals surface area contributed by atoms with E-state index >= 15 is 0 Å². The molecule has 1 saturated carbocycles. The average Bonchev–Trinajstić information content (AvgIpc) is 2.82. The van der Waals surface area contributed by atoms with Gasteiger partial charge in [0.15, 0.2) is 5.82 Å². The topological polar surface area (TPSA) is 110 Å². The zero-order valence-corrected chi connectivity index (χ0v) is 9.89. The van der Waals surface area contributed by atoms with Crippen molar-refractivity contribution in [3.63, 3.8) is 0 Å². The fourth-order valence-electron chi connectivity index (χ4n) is 2.22. The quantitative estimate of drug-likeness (QED) is 0.681. The molecule has 94 valence electrons. The molecule has 0 aromatic carbocycles. The van der Waals surface area contributed by atoms with Gasteiger partial charge in [-0.1, -0.05) is 18.1 Å². The zero-order valence-electron chi connectivity index (χ0n) is 9.89. The number of carbonyl (C=O) groups excluding carboxylic acids is 1. The summed E-state index contributed by atoms with van der Waals surface area (Å²) in [4.78, 5) is 12.0. The van der Waals surface area contributed by atoms with E-state index in [0.29, 0.717) is 5.82 Å². The van der Waals surface area contributed by atoms with E-state index in [-0.39, 0.29) is 23.9 Å². The predicted molar refractivity (Wildman–Crippen MR) is 60.7 cm³/mol. The first-order chi connectivity index (χ1) is 8.18. The monoisotopic (exact) mass is 238 g/mol. The van der Waals surface area contributed by atoms with Gasteiger partial charge in [0, 0.05) is 6.04 Å². The van der Waals surface area contributed by atoms with Crippen LogP contribution in [-0.2, 0) is 4.79 Å². The smallest absolute Gasteiger partial charge is 0.225 e. The molecule has 4 N–H and O–H groups in total. The highest BCUT2D eigenvalue weighted by molar-refractivity contribution is 5.79. The van der Waals surface area contributed by atoms with Crippen LogP contribution < -0.4 is 11.1 Å². The van der Waals surface area contributed by atoms with E-state index in [1.165, 1.54) is 0 Å². The number of tetrazole rings is 1. The van der Waals surface area contributed by atoms with Crippen LogP contribution in [0.1, 0.15) is 44.5 Å². The first-order valence-electron chi connectivity index (χ1n) is 5.98. The van der Waals surface area contributed by atoms with Crippen molar-refractivity contribution >= 4 is 5.91 Å². The molecule has 1 aromatic rings. The van der Waals surface area contributed by atoms with Crippen LogP contribution in [0.25, 0.3) is 0 Å². The number of aromatic amines is 1. The van der Waals surface area contributed by atoms with Gasteiger partial charge in [-0.3, -0.25) is 4.79 Å². The predicted octanol–water partition coefficient (Wildman–Crippen LogP) is -0.106. The van der Waals surface area contributed by atoms with Crippen LogP contribution >= 0.6 is 0 Å². The highest BCUT2D eigenvalue weighted by atomic mass is 16.2. The number of rotatable bonds is 3. The molecule has 0 radical (unpaired) electrons. The van der Waals surface area contributed by atoms with Crippen molar-refractivity contribution in [2.24, 2.45) is 11.7 Å². The lowest BCUT2D eigenvalue weighted by Crippen LogP contribution is -2.44. The maximum Gasteiger partial charge on any atom is 0.225 e. The van der Waals surface area contributed by atoms with Gasteiger partial charge in [-0.05, 0) is 19.8 Å². The molecule has 7 heteroatoms. The van der Waals surface area contributed by atoms with E-state index in [2.05, 4.69) is 25.9 Å². The third kappa shape index (κ3) is 2.79. The van der Waals surface area contributed by atoms with E-state index in [0.717, 1.165) is 25.7 Å². The summed E-state index contributed by atoms with van der Waals surface area (Å²) in [6, 6.07) is -0.267. The van der Waals surface area contributed by atoms with Crippen LogP contribution in [-0.4, -0.2) is 32.6 Å². The minimum Gasteiger partial charge on any atom is -0.346 e. The van der Waals surface area contributed by atoms with Gasteiger partial charge in [-0.2, -0.15) is 5.21 Å². The molecule has 1 fully saturated rings. The van der Waals surface area contributed by atoms with Crippen LogP contribution in [0.2, 0.25) is 0 Å². The summed E-state index contributed by atoms with van der Waals surface area (Å²) in [7, 11) is 0. The number of nitrogens with one attached hydrogen (secondary N) is 2. The maximum atomic E-state index is 12.0. The molecule has 0 aliphatic heterocycles. The number of H-pyrrole nitrogens is 1. The third-order valence-electron chi connectivity index (χ3n) is 3.26. The van der Waals surface area contributed by atoms with E-state index in [4.69, 9.17) is 5.73 Å². The molecule has 1 heterocycles. The molecule has 0 bridgehead atoms. The minimum atomic E-state index is -0.240. The number of nitrogens with two attached hydrogens (primary N) is 1. The van der Waals surface area contributed by atoms with Crippen LogP contribution in [0.15, 0.2) is 0 Å². The summed E-state index contributed by atoms with van der Waals surface area (Å²) in [5.41, 5.74) is 5.96. The van der Waals surface area contributed by atoms with Gasteiger partial charge in [0.2, 0.25) is 5.91 Å². The Labute approximate surface area is 99.5 Å². The Bertz CT molecular complexity index is 365. The molecule has 1 aromatic heterocycles. The van der Waals surface area contributed by atoms with Crippen LogP contribution in [0.4, 0.5) is 0 Å². The molecule has 17 heavy (non-hydrogen) atoms. The van der Waals surface area contributed by atoms with Crippen molar-refractivity contribution < 1.29 is 4.79 Å². The number of aromatic nitrogens is 4. The molecule has 3 atom stereocenters. The average molecular weight is 238 g/mol. The van der Waals surface area contributed by atoms with Gasteiger partial charge in [-0.15, -0.1) is 10.2 Å². The minimum absolute atomic E-state index is 0.00509. The van der Waals surface area contributed by atoms with Gasteiger partial charge in [-0.25, -0.2) is 0 Å². The molecule has 1 aliphatic carbocycles. The number of carbonyl (C=O) groups is 1. The second kappa shape index (κ2) is 5.22. The molecular weight excluding hydrogens is 220 g/mol. The second-order valence-corrected chi connectivity index (χ2v) is 4.56. The number of nitrogens with zero attached hydrogens (tertiary/aromatic N) is 3. The van der Waals surface area contributed by atoms with E-state index in [1.54, 1.807) is 0 Å². The van der Waals surface area contributed by atoms with Crippen molar-refractivity contribution in [1.82, 2.24) is 25.9 Å². The molecule has 0 spiro atoms. The molecule has 2 rings (SSSR count). The number of hydrogen-bond donors (Lipinski definition) is 3. The molecule has 0 saturated heterocycles. The lowest BCUT2D eigenvalue weighted by molar-refractivity contribution is -0.127. The van der Waals surface area contributed by atoms with Gasteiger partial charge >= 0.3 is 0 Å². The number of amides is 1. The first kappa shape index (κ1) is 12.0. The molecule has 1 amide bonds. The summed E-state index contributed by atoms with van der Waals surface area (Å²) < 4.78 is 0. The first-order valence-corrected chi connectivity index (χ1v) is 5.98. The Kier molecular flexibility index (Phi) is 3.68. The summed E-state index contributed by atoms with van der Waals surface area (Å²) >= 11 is 0. The lowest BCUT2D eigenvalue weighted by Gasteiger charge is -2.28. The summed E-state index contributed by atoms with van der Waals surface area (Å²) in [5.74, 6) is 0.398. The summed E-state index contributed by atoms with van der Waals surface area (Å²) in [6.45, 7) is 1.83. The molecule has 3 unspecified atom stereocenters. The van der Waals surface area contributed by atoms with Crippen molar-refractivity contribution in [2.75, 3.05) is 0 Å². The highest BCUT2D eigenvalue weighted by Gasteiger charge is 2.29. The fraction of sp³-hybridized carbons (Fsp3) is 0.800. The van der Waals surface area contributed by atoms with E-state index < -0.39 is 0 Å². The Morgan fingerprint density at radius 2 is 2.29 bits per heavy atom. The normalized spacial score (nSPS) is 26.5. The number of hydrogen-bond acceptors (Lipinski definition) is 5. The Morgan fingerprint density at radius 1 is 1.53 bits per heavy atom.